The summed E-state index contributed by atoms with van der Waals surface area (Å²) in [6.45, 7) is 17.4. The summed E-state index contributed by atoms with van der Waals surface area (Å²) in [6.07, 6.45) is 7.62. The molecule has 33 heavy (non-hydrogen) atoms. The fourth-order valence-corrected chi connectivity index (χ4v) is 13.6. The van der Waals surface area contributed by atoms with Crippen LogP contribution in [0.2, 0.25) is 0 Å². The monoisotopic (exact) mass is 502 g/mol. The first kappa shape index (κ1) is 28.0. The van der Waals surface area contributed by atoms with Crippen LogP contribution in [-0.2, 0) is 9.13 Å². The first-order valence-corrected chi connectivity index (χ1v) is 17.3. The SMILES string of the molecule is CC(CC(C)(C)C)CP(=O)(O)C1CC2CCC3CC(P(=O)(O)CC(C)CC(C)(C)C)C3C2C1. The minimum Gasteiger partial charge on any atom is -0.344 e. The lowest BCUT2D eigenvalue weighted by molar-refractivity contribution is 0.0263. The van der Waals surface area contributed by atoms with Crippen LogP contribution in [0.5, 0.6) is 0 Å². The van der Waals surface area contributed by atoms with Crippen LogP contribution in [0, 0.1) is 46.3 Å². The van der Waals surface area contributed by atoms with Crippen LogP contribution in [0.25, 0.3) is 0 Å². The molecule has 0 aromatic carbocycles. The Labute approximate surface area is 204 Å². The van der Waals surface area contributed by atoms with Gasteiger partial charge in [-0.1, -0.05) is 55.4 Å². The van der Waals surface area contributed by atoms with Gasteiger partial charge in [0.2, 0.25) is 14.7 Å². The Hall–Kier alpha value is 0.380. The Morgan fingerprint density at radius 3 is 1.76 bits per heavy atom. The molecule has 0 saturated heterocycles. The van der Waals surface area contributed by atoms with Gasteiger partial charge in [-0.25, -0.2) is 0 Å². The predicted octanol–water partition coefficient (Wildman–Crippen LogP) is 7.87. The molecule has 3 saturated carbocycles. The maximum Gasteiger partial charge on any atom is 0.204 e. The molecule has 0 aliphatic heterocycles. The minimum absolute atomic E-state index is 0.0747. The Morgan fingerprint density at radius 2 is 1.24 bits per heavy atom. The summed E-state index contributed by atoms with van der Waals surface area (Å²) in [5, 5.41) is 0. The molecule has 3 fully saturated rings. The highest BCUT2D eigenvalue weighted by atomic mass is 31.2. The van der Waals surface area contributed by atoms with Gasteiger partial charge in [-0.15, -0.1) is 0 Å². The Balaban J connectivity index is 1.66. The second-order valence-electron chi connectivity index (χ2n) is 14.9. The Bertz CT molecular complexity index is 780. The topological polar surface area (TPSA) is 74.6 Å². The van der Waals surface area contributed by atoms with E-state index >= 15 is 0 Å². The van der Waals surface area contributed by atoms with Gasteiger partial charge in [0.05, 0.1) is 0 Å². The van der Waals surface area contributed by atoms with E-state index in [0.29, 0.717) is 36.0 Å². The van der Waals surface area contributed by atoms with Crippen LogP contribution in [-0.4, -0.2) is 33.4 Å². The lowest BCUT2D eigenvalue weighted by atomic mass is 9.57. The molecule has 0 aromatic rings. The van der Waals surface area contributed by atoms with Gasteiger partial charge in [-0.3, -0.25) is 9.13 Å². The fraction of sp³-hybridized carbons (Fsp3) is 1.00. The molecule has 2 N–H and O–H groups in total. The summed E-state index contributed by atoms with van der Waals surface area (Å²) < 4.78 is 27.0. The summed E-state index contributed by atoms with van der Waals surface area (Å²) in [5.74, 6) is 2.21. The van der Waals surface area contributed by atoms with E-state index in [2.05, 4.69) is 55.4 Å². The van der Waals surface area contributed by atoms with Gasteiger partial charge in [-0.2, -0.15) is 0 Å². The van der Waals surface area contributed by atoms with Gasteiger partial charge in [0.15, 0.2) is 0 Å². The number of rotatable bonds is 8. The Kier molecular flexibility index (Phi) is 8.20. The highest BCUT2D eigenvalue weighted by molar-refractivity contribution is 7.59. The van der Waals surface area contributed by atoms with Gasteiger partial charge in [0, 0.05) is 23.6 Å². The molecule has 6 heteroatoms. The third-order valence-corrected chi connectivity index (χ3v) is 14.3. The van der Waals surface area contributed by atoms with Crippen molar-refractivity contribution >= 4 is 14.7 Å². The lowest BCUT2D eigenvalue weighted by Crippen LogP contribution is -2.50. The van der Waals surface area contributed by atoms with Crippen LogP contribution in [0.4, 0.5) is 0 Å². The molecular weight excluding hydrogens is 450 g/mol. The van der Waals surface area contributed by atoms with Crippen LogP contribution >= 0.6 is 14.7 Å². The van der Waals surface area contributed by atoms with E-state index < -0.39 is 14.7 Å². The molecule has 10 atom stereocenters. The molecule has 0 aromatic heterocycles. The second-order valence-corrected chi connectivity index (χ2v) is 20.0. The van der Waals surface area contributed by atoms with Crippen molar-refractivity contribution < 1.29 is 18.9 Å². The first-order valence-electron chi connectivity index (χ1n) is 13.5. The predicted molar refractivity (Wildman–Crippen MR) is 140 cm³/mol. The second kappa shape index (κ2) is 9.68. The van der Waals surface area contributed by atoms with Gasteiger partial charge in [-0.05, 0) is 91.3 Å². The van der Waals surface area contributed by atoms with E-state index in [1.54, 1.807) is 0 Å². The lowest BCUT2D eigenvalue weighted by Gasteiger charge is -2.54. The van der Waals surface area contributed by atoms with Crippen molar-refractivity contribution in [3.63, 3.8) is 0 Å². The van der Waals surface area contributed by atoms with Crippen LogP contribution in [0.1, 0.15) is 100 Å². The van der Waals surface area contributed by atoms with Gasteiger partial charge < -0.3 is 9.79 Å². The van der Waals surface area contributed by atoms with Crippen molar-refractivity contribution in [1.82, 2.24) is 0 Å². The third-order valence-electron chi connectivity index (χ3n) is 8.82. The van der Waals surface area contributed by atoms with E-state index in [9.17, 15) is 18.9 Å². The normalized spacial score (nSPS) is 37.8. The molecule has 0 heterocycles. The molecular formula is C27H52O4P2. The largest absolute Gasteiger partial charge is 0.344 e. The zero-order valence-corrected chi connectivity index (χ0v) is 24.4. The van der Waals surface area contributed by atoms with Crippen molar-refractivity contribution in [2.45, 2.75) is 112 Å². The summed E-state index contributed by atoms with van der Waals surface area (Å²) in [6, 6.07) is 0. The van der Waals surface area contributed by atoms with E-state index in [-0.39, 0.29) is 34.0 Å². The van der Waals surface area contributed by atoms with E-state index in [0.717, 1.165) is 44.9 Å². The van der Waals surface area contributed by atoms with Crippen LogP contribution in [0.3, 0.4) is 0 Å². The molecule has 0 amide bonds. The quantitative estimate of drug-likeness (QED) is 0.331. The maximum absolute atomic E-state index is 13.5. The highest BCUT2D eigenvalue weighted by Crippen LogP contribution is 2.70. The van der Waals surface area contributed by atoms with Crippen molar-refractivity contribution in [3.8, 4) is 0 Å². The summed E-state index contributed by atoms with van der Waals surface area (Å²) in [5.41, 5.74) is 0.159. The van der Waals surface area contributed by atoms with Crippen molar-refractivity contribution in [3.05, 3.63) is 0 Å². The number of fused-ring (bicyclic) bond motifs is 3. The molecule has 4 nitrogen and oxygen atoms in total. The average molecular weight is 503 g/mol. The summed E-state index contributed by atoms with van der Waals surface area (Å²) >= 11 is 0. The number of hydrogen-bond acceptors (Lipinski definition) is 2. The maximum atomic E-state index is 13.5. The highest BCUT2D eigenvalue weighted by Gasteiger charge is 2.59. The minimum atomic E-state index is -3.22. The molecule has 194 valence electrons. The Morgan fingerprint density at radius 1 is 0.758 bits per heavy atom. The summed E-state index contributed by atoms with van der Waals surface area (Å²) in [7, 11) is -6.43. The molecule has 10 unspecified atom stereocenters. The van der Waals surface area contributed by atoms with Crippen molar-refractivity contribution in [2.75, 3.05) is 12.3 Å². The van der Waals surface area contributed by atoms with Gasteiger partial charge in [0.1, 0.15) is 0 Å². The van der Waals surface area contributed by atoms with E-state index in [4.69, 9.17) is 0 Å². The fourth-order valence-electron chi connectivity index (χ4n) is 8.21. The summed E-state index contributed by atoms with van der Waals surface area (Å²) in [4.78, 5) is 22.3. The first-order chi connectivity index (χ1) is 14.9. The van der Waals surface area contributed by atoms with E-state index in [1.165, 1.54) is 0 Å². The van der Waals surface area contributed by atoms with Gasteiger partial charge in [0.25, 0.3) is 0 Å². The van der Waals surface area contributed by atoms with Crippen LogP contribution in [0.15, 0.2) is 0 Å². The molecule has 3 aliphatic carbocycles. The number of hydrogen-bond donors (Lipinski definition) is 2. The molecule has 0 bridgehead atoms. The van der Waals surface area contributed by atoms with Gasteiger partial charge >= 0.3 is 0 Å². The molecule has 0 spiro atoms. The van der Waals surface area contributed by atoms with Crippen molar-refractivity contribution in [2.24, 2.45) is 46.3 Å². The van der Waals surface area contributed by atoms with Crippen LogP contribution < -0.4 is 0 Å². The van der Waals surface area contributed by atoms with E-state index in [1.807, 2.05) is 0 Å². The molecule has 0 radical (unpaired) electrons. The smallest absolute Gasteiger partial charge is 0.204 e. The molecule has 3 aliphatic rings. The average Bonchev–Trinajstić information content (AvgIpc) is 2.93. The zero-order chi connectivity index (χ0) is 25.0. The van der Waals surface area contributed by atoms with Crippen molar-refractivity contribution in [1.29, 1.82) is 0 Å². The molecule has 3 rings (SSSR count). The standard InChI is InChI=1S/C27H52O4P2/c1-18(14-26(3,4)5)16-32(28,29)22-11-20-9-10-21-12-24(25(21)23(20)13-22)33(30,31)17-19(2)15-27(6,7)8/h18-25H,9-17H2,1-8H3,(H,28,29)(H,30,31). The third kappa shape index (κ3) is 6.99. The zero-order valence-electron chi connectivity index (χ0n) is 22.6.